The summed E-state index contributed by atoms with van der Waals surface area (Å²) in [6.45, 7) is 2.72. The van der Waals surface area contributed by atoms with Crippen molar-refractivity contribution in [3.05, 3.63) is 129 Å². The summed E-state index contributed by atoms with van der Waals surface area (Å²) < 4.78 is 4.63. The monoisotopic (exact) mass is 422 g/mol. The van der Waals surface area contributed by atoms with Gasteiger partial charge in [-0.05, 0) is 30.2 Å². The summed E-state index contributed by atoms with van der Waals surface area (Å²) in [4.78, 5) is 31.5. The minimum atomic E-state index is -0.405. The molecule has 2 heterocycles. The molecule has 32 heavy (non-hydrogen) atoms. The highest BCUT2D eigenvalue weighted by molar-refractivity contribution is 5.72. The number of imidazole rings is 1. The first-order valence-electron chi connectivity index (χ1n) is 10.5. The zero-order valence-corrected chi connectivity index (χ0v) is 17.7. The fourth-order valence-corrected chi connectivity index (χ4v) is 3.91. The van der Waals surface area contributed by atoms with Gasteiger partial charge in [0.2, 0.25) is 0 Å². The normalized spacial score (nSPS) is 11.2. The summed E-state index contributed by atoms with van der Waals surface area (Å²) in [5.41, 5.74) is 3.81. The summed E-state index contributed by atoms with van der Waals surface area (Å²) in [5, 5.41) is 0. The van der Waals surface area contributed by atoms with Gasteiger partial charge in [-0.1, -0.05) is 78.4 Å². The Balaban J connectivity index is 1.75. The third kappa shape index (κ3) is 3.56. The highest BCUT2D eigenvalue weighted by Gasteiger charge is 2.19. The van der Waals surface area contributed by atoms with Crippen LogP contribution < -0.4 is 11.2 Å². The summed E-state index contributed by atoms with van der Waals surface area (Å²) >= 11 is 0. The highest BCUT2D eigenvalue weighted by atomic mass is 16.2. The third-order valence-electron chi connectivity index (χ3n) is 5.57. The second-order valence-corrected chi connectivity index (χ2v) is 7.86. The minimum absolute atomic E-state index is 0.191. The third-order valence-corrected chi connectivity index (χ3v) is 5.57. The number of para-hydroxylation sites is 1. The van der Waals surface area contributed by atoms with E-state index in [9.17, 15) is 9.59 Å². The number of nitrogens with zero attached hydrogens (tertiary/aromatic N) is 4. The maximum atomic E-state index is 13.6. The van der Waals surface area contributed by atoms with Crippen molar-refractivity contribution in [1.82, 2.24) is 18.7 Å². The zero-order valence-electron chi connectivity index (χ0n) is 17.7. The molecule has 0 aliphatic rings. The molecule has 0 spiro atoms. The van der Waals surface area contributed by atoms with Crippen LogP contribution in [0.25, 0.3) is 16.9 Å². The number of hydrogen-bond acceptors (Lipinski definition) is 3. The van der Waals surface area contributed by atoms with E-state index in [4.69, 9.17) is 0 Å². The molecule has 0 N–H and O–H groups in total. The van der Waals surface area contributed by atoms with Gasteiger partial charge in [0.05, 0.1) is 18.6 Å². The van der Waals surface area contributed by atoms with E-state index < -0.39 is 5.69 Å². The first-order valence-corrected chi connectivity index (χ1v) is 10.5. The lowest BCUT2D eigenvalue weighted by Crippen LogP contribution is -2.40. The first kappa shape index (κ1) is 19.8. The molecule has 6 heteroatoms. The number of aryl methyl sites for hydroxylation is 1. The fourth-order valence-electron chi connectivity index (χ4n) is 3.91. The zero-order chi connectivity index (χ0) is 22.1. The van der Waals surface area contributed by atoms with Crippen LogP contribution in [0.3, 0.4) is 0 Å². The lowest BCUT2D eigenvalue weighted by Gasteiger charge is -2.13. The van der Waals surface area contributed by atoms with Crippen LogP contribution >= 0.6 is 0 Å². The molecule has 0 unspecified atom stereocenters. The van der Waals surface area contributed by atoms with Gasteiger partial charge in [0.1, 0.15) is 0 Å². The molecule has 0 atom stereocenters. The molecule has 5 aromatic rings. The highest BCUT2D eigenvalue weighted by Crippen LogP contribution is 2.15. The first-order chi connectivity index (χ1) is 15.6. The van der Waals surface area contributed by atoms with E-state index in [1.807, 2.05) is 96.4 Å². The van der Waals surface area contributed by atoms with Crippen molar-refractivity contribution < 1.29 is 0 Å². The molecule has 6 nitrogen and oxygen atoms in total. The van der Waals surface area contributed by atoms with E-state index in [0.717, 1.165) is 11.1 Å². The molecule has 5 rings (SSSR count). The van der Waals surface area contributed by atoms with Gasteiger partial charge >= 0.3 is 5.69 Å². The summed E-state index contributed by atoms with van der Waals surface area (Å²) in [5.74, 6) is 0. The lowest BCUT2D eigenvalue weighted by atomic mass is 10.1. The summed E-state index contributed by atoms with van der Waals surface area (Å²) in [7, 11) is 0. The van der Waals surface area contributed by atoms with Gasteiger partial charge in [0, 0.05) is 6.54 Å². The van der Waals surface area contributed by atoms with Crippen LogP contribution in [-0.2, 0) is 13.1 Å². The molecule has 0 saturated carbocycles. The van der Waals surface area contributed by atoms with Crippen molar-refractivity contribution in [3.8, 4) is 5.69 Å². The smallest absolute Gasteiger partial charge is 0.320 e. The largest absolute Gasteiger partial charge is 0.337 e. The average molecular weight is 422 g/mol. The SMILES string of the molecule is Cc1ccc(Cn2cnc3c2c(=O)n(Cc2ccccc2)c(=O)n3-c2ccccc2)cc1. The lowest BCUT2D eigenvalue weighted by molar-refractivity contribution is 0.677. The quantitative estimate of drug-likeness (QED) is 0.433. The van der Waals surface area contributed by atoms with Crippen LogP contribution in [0.5, 0.6) is 0 Å². The Morgan fingerprint density at radius 1 is 0.750 bits per heavy atom. The Labute approximate surface area is 184 Å². The van der Waals surface area contributed by atoms with Crippen LogP contribution in [0.2, 0.25) is 0 Å². The van der Waals surface area contributed by atoms with E-state index in [1.165, 1.54) is 14.7 Å². The second-order valence-electron chi connectivity index (χ2n) is 7.86. The van der Waals surface area contributed by atoms with E-state index in [0.29, 0.717) is 23.4 Å². The molecule has 0 fully saturated rings. The van der Waals surface area contributed by atoms with E-state index >= 15 is 0 Å². The predicted octanol–water partition coefficient (Wildman–Crippen LogP) is 3.75. The minimum Gasteiger partial charge on any atom is -0.320 e. The van der Waals surface area contributed by atoms with Gasteiger partial charge in [0.25, 0.3) is 5.56 Å². The molecule has 0 aliphatic carbocycles. The van der Waals surface area contributed by atoms with Crippen LogP contribution in [0.15, 0.2) is 101 Å². The summed E-state index contributed by atoms with van der Waals surface area (Å²) in [6, 6.07) is 27.0. The van der Waals surface area contributed by atoms with E-state index in [1.54, 1.807) is 6.33 Å². The van der Waals surface area contributed by atoms with Gasteiger partial charge in [0.15, 0.2) is 11.2 Å². The number of aromatic nitrogens is 4. The molecule has 3 aromatic carbocycles. The van der Waals surface area contributed by atoms with Crippen molar-refractivity contribution in [2.75, 3.05) is 0 Å². The van der Waals surface area contributed by atoms with Gasteiger partial charge in [-0.25, -0.2) is 14.3 Å². The van der Waals surface area contributed by atoms with Crippen LogP contribution in [0.1, 0.15) is 16.7 Å². The molecule has 0 bridgehead atoms. The standard InChI is InChI=1S/C26H22N4O2/c1-19-12-14-21(15-13-19)16-28-18-27-24-23(28)25(31)29(17-20-8-4-2-5-9-20)26(32)30(24)22-10-6-3-7-11-22/h2-15,18H,16-17H2,1H3. The fraction of sp³-hybridized carbons (Fsp3) is 0.115. The van der Waals surface area contributed by atoms with E-state index in [2.05, 4.69) is 4.98 Å². The number of hydrogen-bond donors (Lipinski definition) is 0. The Morgan fingerprint density at radius 3 is 2.06 bits per heavy atom. The van der Waals surface area contributed by atoms with Crippen LogP contribution in [0.4, 0.5) is 0 Å². The van der Waals surface area contributed by atoms with Gasteiger partial charge in [-0.3, -0.25) is 9.36 Å². The Kier molecular flexibility index (Phi) is 5.03. The topological polar surface area (TPSA) is 61.8 Å². The molecule has 0 saturated heterocycles. The molecule has 0 amide bonds. The van der Waals surface area contributed by atoms with E-state index in [-0.39, 0.29) is 12.1 Å². The molecule has 0 radical (unpaired) electrons. The van der Waals surface area contributed by atoms with Gasteiger partial charge < -0.3 is 4.57 Å². The molecule has 0 aliphatic heterocycles. The Morgan fingerprint density at radius 2 is 1.38 bits per heavy atom. The van der Waals surface area contributed by atoms with Crippen molar-refractivity contribution >= 4 is 11.2 Å². The Hall–Kier alpha value is -4.19. The number of benzene rings is 3. The van der Waals surface area contributed by atoms with Crippen molar-refractivity contribution in [2.24, 2.45) is 0 Å². The van der Waals surface area contributed by atoms with Crippen LogP contribution in [-0.4, -0.2) is 18.7 Å². The van der Waals surface area contributed by atoms with Crippen molar-refractivity contribution in [2.45, 2.75) is 20.0 Å². The maximum Gasteiger partial charge on any atom is 0.337 e. The number of fused-ring (bicyclic) bond motifs is 1. The number of rotatable bonds is 5. The summed E-state index contributed by atoms with van der Waals surface area (Å²) in [6.07, 6.45) is 1.64. The van der Waals surface area contributed by atoms with Gasteiger partial charge in [-0.15, -0.1) is 0 Å². The van der Waals surface area contributed by atoms with Crippen molar-refractivity contribution in [1.29, 1.82) is 0 Å². The molecule has 2 aromatic heterocycles. The molecular formula is C26H22N4O2. The van der Waals surface area contributed by atoms with Crippen molar-refractivity contribution in [3.63, 3.8) is 0 Å². The van der Waals surface area contributed by atoms with Crippen LogP contribution in [0, 0.1) is 6.92 Å². The molecular weight excluding hydrogens is 400 g/mol. The van der Waals surface area contributed by atoms with Gasteiger partial charge in [-0.2, -0.15) is 0 Å². The maximum absolute atomic E-state index is 13.6. The molecule has 158 valence electrons. The predicted molar refractivity (Wildman–Crippen MR) is 125 cm³/mol. The Bertz CT molecular complexity index is 1500. The average Bonchev–Trinajstić information content (AvgIpc) is 3.23. The second kappa shape index (κ2) is 8.15.